The third-order valence-corrected chi connectivity index (χ3v) is 3.95. The van der Waals surface area contributed by atoms with Gasteiger partial charge >= 0.3 is 0 Å². The van der Waals surface area contributed by atoms with E-state index in [1.165, 1.54) is 17.1 Å². The summed E-state index contributed by atoms with van der Waals surface area (Å²) in [5.41, 5.74) is 8.87. The fourth-order valence-electron chi connectivity index (χ4n) is 2.73. The fraction of sp³-hybridized carbons (Fsp3) is 0.300. The molecular weight excluding hydrogens is 349 g/mol. The van der Waals surface area contributed by atoms with Crippen LogP contribution in [0.5, 0.6) is 0 Å². The Morgan fingerprint density at radius 2 is 1.92 bits per heavy atom. The van der Waals surface area contributed by atoms with Crippen molar-refractivity contribution >= 4 is 29.9 Å². The van der Waals surface area contributed by atoms with Crippen LogP contribution in [0.25, 0.3) is 0 Å². The van der Waals surface area contributed by atoms with Crippen molar-refractivity contribution in [3.8, 4) is 0 Å². The molecule has 0 spiro atoms. The summed E-state index contributed by atoms with van der Waals surface area (Å²) in [7, 11) is 0. The van der Waals surface area contributed by atoms with Crippen LogP contribution < -0.4 is 5.73 Å². The Morgan fingerprint density at radius 1 is 1.27 bits per heavy atom. The van der Waals surface area contributed by atoms with Gasteiger partial charge in [-0.1, -0.05) is 38.1 Å². The van der Waals surface area contributed by atoms with E-state index in [1.807, 2.05) is 25.1 Å². The number of nitrogen functional groups attached to an aromatic ring is 1. The molecule has 0 bridgehead atoms. The van der Waals surface area contributed by atoms with Gasteiger partial charge in [-0.05, 0) is 41.1 Å². The van der Waals surface area contributed by atoms with Crippen LogP contribution in [0.4, 0.5) is 10.1 Å². The van der Waals surface area contributed by atoms with Crippen LogP contribution in [-0.4, -0.2) is 22.4 Å². The largest absolute Gasteiger partial charge is 0.399 e. The van der Waals surface area contributed by atoms with Crippen LogP contribution in [0.15, 0.2) is 53.6 Å². The van der Waals surface area contributed by atoms with Crippen molar-refractivity contribution in [2.45, 2.75) is 32.7 Å². The summed E-state index contributed by atoms with van der Waals surface area (Å²) in [5.74, 6) is 0.553. The minimum atomic E-state index is -0.313. The molecule has 3 rings (SSSR count). The first kappa shape index (κ1) is 20.0. The fourth-order valence-corrected chi connectivity index (χ4v) is 2.73. The molecule has 0 radical (unpaired) electrons. The Labute approximate surface area is 159 Å². The molecule has 1 aliphatic heterocycles. The van der Waals surface area contributed by atoms with Gasteiger partial charge < -0.3 is 5.73 Å². The first-order valence-corrected chi connectivity index (χ1v) is 9.25. The number of nitrogens with two attached hydrogens (primary N) is 1. The molecule has 0 saturated heterocycles. The lowest BCUT2D eigenvalue weighted by Gasteiger charge is -2.21. The van der Waals surface area contributed by atoms with Gasteiger partial charge in [0.25, 0.3) is 0 Å². The van der Waals surface area contributed by atoms with E-state index >= 15 is 0 Å². The molecule has 0 aliphatic carbocycles. The number of hydrogen-bond donors (Lipinski definition) is 2. The van der Waals surface area contributed by atoms with Gasteiger partial charge in [-0.25, -0.2) is 9.40 Å². The number of carbonyl (C=O) groups excluding carboxylic acids is 1. The van der Waals surface area contributed by atoms with Crippen LogP contribution in [-0.2, 0) is 4.79 Å². The molecule has 138 valence electrons. The zero-order chi connectivity index (χ0) is 19.1. The average Bonchev–Trinajstić information content (AvgIpc) is 3.08. The molecule has 4 nitrogen and oxygen atoms in total. The number of nitrogens with zero attached hydrogens (tertiary/aromatic N) is 2. The lowest BCUT2D eigenvalue weighted by molar-refractivity contribution is -0.132. The Hall–Kier alpha value is -2.34. The van der Waals surface area contributed by atoms with Gasteiger partial charge in [0.15, 0.2) is 0 Å². The van der Waals surface area contributed by atoms with E-state index in [0.717, 1.165) is 22.6 Å². The standard InChI is InChI=1S/C18H18FN3O.C2H6S/c1-2-18(23)22-17(13-4-3-5-14(19)10-13)11-16(21-22)12-6-8-15(20)9-7-12;1-2-3/h3-10,17H,2,11,20H2,1H3;3H,2H2,1H3. The molecule has 1 amide bonds. The molecule has 1 aliphatic rings. The van der Waals surface area contributed by atoms with E-state index in [0.29, 0.717) is 18.5 Å². The number of hydrogen-bond acceptors (Lipinski definition) is 4. The number of halogens is 1. The molecule has 2 N–H and O–H groups in total. The Balaban J connectivity index is 0.000000758. The van der Waals surface area contributed by atoms with Crippen molar-refractivity contribution in [3.05, 3.63) is 65.5 Å². The highest BCUT2D eigenvalue weighted by Crippen LogP contribution is 2.33. The molecule has 0 saturated carbocycles. The van der Waals surface area contributed by atoms with E-state index in [2.05, 4.69) is 17.7 Å². The first-order valence-electron chi connectivity index (χ1n) is 8.61. The molecule has 1 atom stereocenters. The predicted molar refractivity (Wildman–Crippen MR) is 108 cm³/mol. The molecular formula is C20H24FN3OS. The van der Waals surface area contributed by atoms with Crippen LogP contribution in [0.3, 0.4) is 0 Å². The van der Waals surface area contributed by atoms with Crippen molar-refractivity contribution in [2.24, 2.45) is 5.10 Å². The SMILES string of the molecule is CCC(=O)N1N=C(c2ccc(N)cc2)CC1c1cccc(F)c1.CCS. The monoisotopic (exact) mass is 373 g/mol. The molecule has 6 heteroatoms. The molecule has 26 heavy (non-hydrogen) atoms. The quantitative estimate of drug-likeness (QED) is 0.618. The van der Waals surface area contributed by atoms with Gasteiger partial charge in [-0.15, -0.1) is 0 Å². The zero-order valence-electron chi connectivity index (χ0n) is 15.0. The summed E-state index contributed by atoms with van der Waals surface area (Å²) in [5, 5.41) is 5.96. The highest BCUT2D eigenvalue weighted by atomic mass is 32.1. The van der Waals surface area contributed by atoms with Crippen LogP contribution in [0.2, 0.25) is 0 Å². The molecule has 2 aromatic rings. The second-order valence-electron chi connectivity index (χ2n) is 5.85. The number of hydrazone groups is 1. The van der Waals surface area contributed by atoms with E-state index in [9.17, 15) is 9.18 Å². The lowest BCUT2D eigenvalue weighted by Crippen LogP contribution is -2.26. The third kappa shape index (κ3) is 4.85. The smallest absolute Gasteiger partial charge is 0.242 e. The Morgan fingerprint density at radius 3 is 2.50 bits per heavy atom. The zero-order valence-corrected chi connectivity index (χ0v) is 15.9. The topological polar surface area (TPSA) is 58.7 Å². The van der Waals surface area contributed by atoms with Crippen molar-refractivity contribution in [1.29, 1.82) is 0 Å². The van der Waals surface area contributed by atoms with Crippen LogP contribution >= 0.6 is 12.6 Å². The van der Waals surface area contributed by atoms with Crippen molar-refractivity contribution in [3.63, 3.8) is 0 Å². The van der Waals surface area contributed by atoms with Gasteiger partial charge in [0, 0.05) is 18.5 Å². The van der Waals surface area contributed by atoms with Crippen LogP contribution in [0.1, 0.15) is 43.9 Å². The minimum absolute atomic E-state index is 0.0790. The van der Waals surface area contributed by atoms with Gasteiger partial charge in [0.1, 0.15) is 5.82 Å². The van der Waals surface area contributed by atoms with Crippen molar-refractivity contribution in [2.75, 3.05) is 11.5 Å². The van der Waals surface area contributed by atoms with Gasteiger partial charge in [-0.2, -0.15) is 17.7 Å². The molecule has 0 fully saturated rings. The molecule has 0 aromatic heterocycles. The number of carbonyl (C=O) groups is 1. The normalized spacial score (nSPS) is 15.9. The summed E-state index contributed by atoms with van der Waals surface area (Å²) in [6.45, 7) is 3.78. The highest BCUT2D eigenvalue weighted by Gasteiger charge is 2.32. The van der Waals surface area contributed by atoms with Gasteiger partial charge in [-0.3, -0.25) is 4.79 Å². The van der Waals surface area contributed by atoms with E-state index in [1.54, 1.807) is 25.1 Å². The Kier molecular flexibility index (Phi) is 7.21. The maximum Gasteiger partial charge on any atom is 0.242 e. The Bertz CT molecular complexity index is 777. The third-order valence-electron chi connectivity index (χ3n) is 3.95. The molecule has 1 heterocycles. The number of thiol groups is 1. The first-order chi connectivity index (χ1) is 12.5. The summed E-state index contributed by atoms with van der Waals surface area (Å²) >= 11 is 3.79. The number of benzene rings is 2. The molecule has 2 aromatic carbocycles. The average molecular weight is 373 g/mol. The van der Waals surface area contributed by atoms with E-state index in [4.69, 9.17) is 5.73 Å². The summed E-state index contributed by atoms with van der Waals surface area (Å²) in [4.78, 5) is 12.2. The minimum Gasteiger partial charge on any atom is -0.399 e. The summed E-state index contributed by atoms with van der Waals surface area (Å²) in [6.07, 6.45) is 0.906. The molecule has 1 unspecified atom stereocenters. The summed E-state index contributed by atoms with van der Waals surface area (Å²) < 4.78 is 13.5. The number of amides is 1. The lowest BCUT2D eigenvalue weighted by atomic mass is 9.98. The second kappa shape index (κ2) is 9.38. The van der Waals surface area contributed by atoms with Crippen LogP contribution in [0, 0.1) is 5.82 Å². The van der Waals surface area contributed by atoms with Crippen molar-refractivity contribution in [1.82, 2.24) is 5.01 Å². The second-order valence-corrected chi connectivity index (χ2v) is 6.48. The number of anilines is 1. The number of rotatable bonds is 3. The summed E-state index contributed by atoms with van der Waals surface area (Å²) in [6, 6.07) is 13.4. The van der Waals surface area contributed by atoms with Crippen molar-refractivity contribution < 1.29 is 9.18 Å². The predicted octanol–water partition coefficient (Wildman–Crippen LogP) is 4.43. The highest BCUT2D eigenvalue weighted by molar-refractivity contribution is 7.80. The van der Waals surface area contributed by atoms with Gasteiger partial charge in [0.2, 0.25) is 5.91 Å². The van der Waals surface area contributed by atoms with Gasteiger partial charge in [0.05, 0.1) is 11.8 Å². The maximum absolute atomic E-state index is 13.5. The van der Waals surface area contributed by atoms with E-state index < -0.39 is 0 Å². The van der Waals surface area contributed by atoms with E-state index in [-0.39, 0.29) is 17.8 Å². The maximum atomic E-state index is 13.5.